The van der Waals surface area contributed by atoms with Gasteiger partial charge in [-0.25, -0.2) is 5.56 Å². The molecule has 0 aliphatic heterocycles. The van der Waals surface area contributed by atoms with Crippen LogP contribution in [0.2, 0.25) is 0 Å². The molecular weight excluding hydrogens is 442 g/mol. The predicted molar refractivity (Wildman–Crippen MR) is 105 cm³/mol. The van der Waals surface area contributed by atoms with Crippen LogP contribution >= 0.6 is 0 Å². The Kier molecular flexibility index (Phi) is 38.0. The molecule has 0 aliphatic rings. The summed E-state index contributed by atoms with van der Waals surface area (Å²) in [5.74, 6) is 0. The number of rotatable bonds is 8. The average Bonchev–Trinajstić information content (AvgIpc) is 2.81. The largest absolute Gasteiger partial charge is 0.184 e. The summed E-state index contributed by atoms with van der Waals surface area (Å²) >= 11 is 4.62. The molecule has 0 saturated carbocycles. The first kappa shape index (κ1) is 31.7. The van der Waals surface area contributed by atoms with Crippen LogP contribution < -0.4 is 0 Å². The summed E-state index contributed by atoms with van der Waals surface area (Å²) in [6.07, 6.45) is 10.9. The number of unbranched alkanes of at least 4 members (excludes halogenated alkanes) is 7. The molecule has 0 fully saturated rings. The van der Waals surface area contributed by atoms with Crippen LogP contribution in [0.25, 0.3) is 0 Å². The van der Waals surface area contributed by atoms with Gasteiger partial charge in [-0.3, -0.25) is 18.2 Å². The molecule has 2 aromatic rings. The monoisotopic (exact) mass is 474 g/mol. The normalized spacial score (nSPS) is 8.32. The van der Waals surface area contributed by atoms with Crippen LogP contribution in [0.5, 0.6) is 0 Å². The molecule has 0 spiro atoms. The van der Waals surface area contributed by atoms with Gasteiger partial charge < -0.3 is 24.2 Å². The van der Waals surface area contributed by atoms with E-state index >= 15 is 0 Å². The smallest absolute Gasteiger partial charge is 0.171 e. The van der Waals surface area contributed by atoms with Gasteiger partial charge in [-0.15, -0.1) is 0 Å². The Morgan fingerprint density at radius 3 is 1.71 bits per heavy atom. The Labute approximate surface area is 187 Å². The fraction of sp³-hybridized carbons (Fsp3) is 0.435. The maximum Gasteiger partial charge on any atom is -0.171 e. The first-order chi connectivity index (χ1) is 13.8. The van der Waals surface area contributed by atoms with Gasteiger partial charge in [0, 0.05) is 6.61 Å². The van der Waals surface area contributed by atoms with Crippen molar-refractivity contribution in [2.24, 2.45) is 0 Å². The van der Waals surface area contributed by atoms with E-state index < -0.39 is 0 Å². The van der Waals surface area contributed by atoms with Crippen LogP contribution in [0.4, 0.5) is 0 Å². The Morgan fingerprint density at radius 2 is 1.39 bits per heavy atom. The van der Waals surface area contributed by atoms with E-state index in [2.05, 4.69) is 63.4 Å². The van der Waals surface area contributed by atoms with E-state index in [1.165, 1.54) is 44.9 Å². The molecule has 5 heteroatoms. The molecule has 164 valence electrons. The van der Waals surface area contributed by atoms with Crippen molar-refractivity contribution in [3.05, 3.63) is 79.2 Å². The van der Waals surface area contributed by atoms with E-state index in [4.69, 9.17) is 12.8 Å². The van der Waals surface area contributed by atoms with E-state index in [9.17, 15) is 0 Å². The summed E-state index contributed by atoms with van der Waals surface area (Å²) < 4.78 is 15.9. The zero-order valence-electron chi connectivity index (χ0n) is 16.6. The van der Waals surface area contributed by atoms with Gasteiger partial charge in [0.25, 0.3) is 0 Å². The number of aliphatic hydroxyl groups is 1. The molecule has 0 radical (unpaired) electrons. The second-order valence-corrected chi connectivity index (χ2v) is 5.52. The molecule has 0 bridgehead atoms. The molecule has 0 aliphatic carbocycles. The molecule has 28 heavy (non-hydrogen) atoms. The number of aliphatic hydroxyl groups excluding tert-OH is 1. The molecule has 0 aromatic heterocycles. The van der Waals surface area contributed by atoms with Crippen LogP contribution in [-0.2, 0) is 45.7 Å². The minimum atomic E-state index is 0.0529. The van der Waals surface area contributed by atoms with Crippen LogP contribution in [0.15, 0.2) is 48.5 Å². The van der Waals surface area contributed by atoms with Crippen molar-refractivity contribution in [2.45, 2.75) is 64.9 Å². The maximum atomic E-state index is 8.49. The molecule has 0 amide bonds. The summed E-state index contributed by atoms with van der Waals surface area (Å²) in [7, 11) is 0. The van der Waals surface area contributed by atoms with Crippen LogP contribution in [0, 0.1) is 25.1 Å². The van der Waals surface area contributed by atoms with Gasteiger partial charge >= 0.3 is 39.1 Å². The van der Waals surface area contributed by atoms with Crippen molar-refractivity contribution in [2.75, 3.05) is 0 Å². The van der Waals surface area contributed by atoms with Crippen molar-refractivity contribution < 1.29 is 44.2 Å². The predicted octanol–water partition coefficient (Wildman–Crippen LogP) is 5.98. The summed E-state index contributed by atoms with van der Waals surface area (Å²) in [4.78, 5) is 0. The molecule has 0 saturated heterocycles. The quantitative estimate of drug-likeness (QED) is 0.378. The molecule has 0 heterocycles. The Bertz CT molecular complexity index is 433. The number of benzene rings is 2. The third-order valence-electron chi connectivity index (χ3n) is 3.34. The van der Waals surface area contributed by atoms with Crippen molar-refractivity contribution >= 4 is 0 Å². The summed E-state index contributed by atoms with van der Waals surface area (Å²) in [5, 5.41) is 8.49. The first-order valence-electron chi connectivity index (χ1n) is 9.30. The maximum absolute atomic E-state index is 8.49. The first-order valence-corrected chi connectivity index (χ1v) is 10.1. The van der Waals surface area contributed by atoms with Crippen molar-refractivity contribution in [1.82, 2.24) is 0 Å². The second-order valence-electron chi connectivity index (χ2n) is 5.52. The minimum absolute atomic E-state index is 0.0529. The summed E-state index contributed by atoms with van der Waals surface area (Å²) in [5.41, 5.74) is 0.785. The fourth-order valence-corrected chi connectivity index (χ4v) is 1.95. The Balaban J connectivity index is -0.000000312. The molecule has 1 N–H and O–H groups in total. The Morgan fingerprint density at radius 1 is 0.821 bits per heavy atom. The number of hydrogen-bond acceptors (Lipinski definition) is 3. The molecule has 0 atom stereocenters. The van der Waals surface area contributed by atoms with Gasteiger partial charge in [-0.05, 0) is 0 Å². The second kappa shape index (κ2) is 33.6. The van der Waals surface area contributed by atoms with Gasteiger partial charge in [0.05, 0.1) is 0 Å². The molecule has 2 aromatic carbocycles. The third-order valence-corrected chi connectivity index (χ3v) is 3.34. The average molecular weight is 474 g/mol. The summed E-state index contributed by atoms with van der Waals surface area (Å²) in [6, 6.07) is 23.3. The van der Waals surface area contributed by atoms with Crippen molar-refractivity contribution in [1.29, 1.82) is 0 Å². The zero-order chi connectivity index (χ0) is 21.7. The van der Waals surface area contributed by atoms with Crippen molar-refractivity contribution in [3.8, 4) is 0 Å². The fourth-order valence-electron chi connectivity index (χ4n) is 1.95. The van der Waals surface area contributed by atoms with Gasteiger partial charge in [0.15, 0.2) is 0 Å². The van der Waals surface area contributed by atoms with Crippen LogP contribution in [0.1, 0.15) is 63.9 Å². The molecular formula is C23H32Co2O3-4. The topological polar surface area (TPSA) is 54.4 Å². The Hall–Kier alpha value is -0.987. The van der Waals surface area contributed by atoms with Gasteiger partial charge in [-0.1, -0.05) is 51.9 Å². The van der Waals surface area contributed by atoms with E-state index in [-0.39, 0.29) is 6.61 Å². The van der Waals surface area contributed by atoms with E-state index in [0.717, 1.165) is 12.0 Å². The summed E-state index contributed by atoms with van der Waals surface area (Å²) in [6.45, 7) is 6.13. The van der Waals surface area contributed by atoms with Gasteiger partial charge in [-0.2, -0.15) is 42.8 Å². The van der Waals surface area contributed by atoms with Crippen LogP contribution in [0.3, 0.4) is 0 Å². The SMILES string of the molecule is OCc1[c-]cc[c-]c1.[CH2-]CCCCCCCCC.[O]=[Co].[O]=[Co].[c-]1ccccc1. The van der Waals surface area contributed by atoms with E-state index in [0.29, 0.717) is 0 Å². The van der Waals surface area contributed by atoms with E-state index in [1.54, 1.807) is 18.2 Å². The van der Waals surface area contributed by atoms with Crippen molar-refractivity contribution in [3.63, 3.8) is 0 Å². The van der Waals surface area contributed by atoms with Gasteiger partial charge in [0.1, 0.15) is 0 Å². The molecule has 0 unspecified atom stereocenters. The van der Waals surface area contributed by atoms with Gasteiger partial charge in [0.2, 0.25) is 0 Å². The third kappa shape index (κ3) is 29.8. The minimum Gasteiger partial charge on any atom is -0.184 e. The van der Waals surface area contributed by atoms with Crippen LogP contribution in [-0.4, -0.2) is 5.11 Å². The number of hydrogen-bond donors (Lipinski definition) is 1. The van der Waals surface area contributed by atoms with E-state index in [1.807, 2.05) is 30.3 Å². The standard InChI is InChI=1S/C10H21.C7H6O.C6H5.2Co.2O/c1-3-5-7-9-10-8-6-4-2;8-6-7-4-2-1-3-5-7;1-2-4-6-5-3-1;;;;/h1,3-10H2,2H3;1-2,5,8H,6H2;1-5H;;;;/q-1;-2;-1;;;;. The molecule has 3 nitrogen and oxygen atoms in total. The molecule has 2 rings (SSSR count). The zero-order valence-corrected chi connectivity index (χ0v) is 18.7.